The number of hydrogen-bond acceptors (Lipinski definition) is 5. The Bertz CT molecular complexity index is 939. The molecule has 0 saturated carbocycles. The van der Waals surface area contributed by atoms with Crippen LogP contribution in [0.3, 0.4) is 0 Å². The van der Waals surface area contributed by atoms with Crippen molar-refractivity contribution in [1.29, 1.82) is 0 Å². The van der Waals surface area contributed by atoms with Crippen LogP contribution in [0, 0.1) is 5.92 Å². The Morgan fingerprint density at radius 3 is 2.79 bits per heavy atom. The third kappa shape index (κ3) is 4.28. The highest BCUT2D eigenvalue weighted by molar-refractivity contribution is 5.95. The Labute approximate surface area is 163 Å². The van der Waals surface area contributed by atoms with Crippen LogP contribution in [0.25, 0.3) is 11.3 Å². The quantitative estimate of drug-likeness (QED) is 0.702. The van der Waals surface area contributed by atoms with Crippen LogP contribution in [0.1, 0.15) is 34.8 Å². The zero-order valence-electron chi connectivity index (χ0n) is 15.6. The molecule has 6 nitrogen and oxygen atoms in total. The van der Waals surface area contributed by atoms with Crippen molar-refractivity contribution in [2.45, 2.75) is 25.8 Å². The molecule has 0 aliphatic carbocycles. The van der Waals surface area contributed by atoms with Gasteiger partial charge in [-0.15, -0.1) is 0 Å². The summed E-state index contributed by atoms with van der Waals surface area (Å²) in [5, 5.41) is 9.38. The minimum absolute atomic E-state index is 0.254. The van der Waals surface area contributed by atoms with E-state index in [9.17, 15) is 9.90 Å². The van der Waals surface area contributed by atoms with E-state index in [1.165, 1.54) is 6.42 Å². The molecule has 1 N–H and O–H groups in total. The summed E-state index contributed by atoms with van der Waals surface area (Å²) >= 11 is 0. The lowest BCUT2D eigenvalue weighted by atomic mass is 9.94. The SMILES string of the molecule is O=C(O)c1ccccc1-c1ccc(CN2CCCC(Cc3ncccn3)C2)o1. The molecular weight excluding hydrogens is 354 g/mol. The average Bonchev–Trinajstić information content (AvgIpc) is 3.17. The molecule has 0 radical (unpaired) electrons. The maximum absolute atomic E-state index is 11.4. The van der Waals surface area contributed by atoms with Gasteiger partial charge in [-0.25, -0.2) is 14.8 Å². The van der Waals surface area contributed by atoms with Crippen LogP contribution >= 0.6 is 0 Å². The summed E-state index contributed by atoms with van der Waals surface area (Å²) < 4.78 is 5.99. The van der Waals surface area contributed by atoms with Crippen LogP contribution in [0.5, 0.6) is 0 Å². The molecule has 28 heavy (non-hydrogen) atoms. The van der Waals surface area contributed by atoms with Crippen molar-refractivity contribution in [3.8, 4) is 11.3 Å². The standard InChI is InChI=1S/C22H23N3O3/c26-22(27)19-7-2-1-6-18(19)20-9-8-17(28-20)15-25-12-3-5-16(14-25)13-21-23-10-4-11-24-21/h1-2,4,6-11,16H,3,5,12-15H2,(H,26,27). The van der Waals surface area contributed by atoms with Crippen molar-refractivity contribution in [2.75, 3.05) is 13.1 Å². The van der Waals surface area contributed by atoms with E-state index in [2.05, 4.69) is 14.9 Å². The van der Waals surface area contributed by atoms with Gasteiger partial charge in [0.1, 0.15) is 17.3 Å². The molecule has 2 aromatic heterocycles. The van der Waals surface area contributed by atoms with E-state index in [0.717, 1.165) is 44.1 Å². The number of aromatic nitrogens is 2. The number of carboxylic acids is 1. The summed E-state index contributed by atoms with van der Waals surface area (Å²) in [6, 6.07) is 12.6. The van der Waals surface area contributed by atoms with E-state index in [1.54, 1.807) is 30.6 Å². The highest BCUT2D eigenvalue weighted by atomic mass is 16.4. The normalized spacial score (nSPS) is 17.5. The Balaban J connectivity index is 1.42. The molecule has 4 rings (SSSR count). The van der Waals surface area contributed by atoms with Crippen LogP contribution in [0.4, 0.5) is 0 Å². The number of benzene rings is 1. The summed E-state index contributed by atoms with van der Waals surface area (Å²) in [5.74, 6) is 1.94. The van der Waals surface area contributed by atoms with Crippen molar-refractivity contribution < 1.29 is 14.3 Å². The Morgan fingerprint density at radius 2 is 1.96 bits per heavy atom. The molecule has 1 aliphatic heterocycles. The van der Waals surface area contributed by atoms with Gasteiger partial charge in [0.2, 0.25) is 0 Å². The van der Waals surface area contributed by atoms with E-state index in [-0.39, 0.29) is 5.56 Å². The zero-order valence-corrected chi connectivity index (χ0v) is 15.6. The smallest absolute Gasteiger partial charge is 0.336 e. The number of hydrogen-bond donors (Lipinski definition) is 1. The monoisotopic (exact) mass is 377 g/mol. The predicted octanol–water partition coefficient (Wildman–Crippen LogP) is 3.89. The van der Waals surface area contributed by atoms with Gasteiger partial charge in [0.15, 0.2) is 0 Å². The first-order chi connectivity index (χ1) is 13.7. The molecule has 0 bridgehead atoms. The number of carbonyl (C=O) groups is 1. The van der Waals surface area contributed by atoms with E-state index in [1.807, 2.05) is 24.3 Å². The molecule has 1 saturated heterocycles. The van der Waals surface area contributed by atoms with Gasteiger partial charge in [-0.2, -0.15) is 0 Å². The lowest BCUT2D eigenvalue weighted by Crippen LogP contribution is -2.35. The van der Waals surface area contributed by atoms with Gasteiger partial charge in [0.25, 0.3) is 0 Å². The number of rotatable bonds is 6. The number of likely N-dealkylation sites (tertiary alicyclic amines) is 1. The summed E-state index contributed by atoms with van der Waals surface area (Å²) in [7, 11) is 0. The number of aromatic carboxylic acids is 1. The second-order valence-corrected chi connectivity index (χ2v) is 7.23. The van der Waals surface area contributed by atoms with Gasteiger partial charge in [0.05, 0.1) is 12.1 Å². The van der Waals surface area contributed by atoms with Crippen molar-refractivity contribution in [2.24, 2.45) is 5.92 Å². The van der Waals surface area contributed by atoms with E-state index >= 15 is 0 Å². The van der Waals surface area contributed by atoms with Crippen LogP contribution in [0.2, 0.25) is 0 Å². The molecule has 3 heterocycles. The van der Waals surface area contributed by atoms with E-state index in [4.69, 9.17) is 4.42 Å². The first-order valence-electron chi connectivity index (χ1n) is 9.58. The van der Waals surface area contributed by atoms with Crippen molar-refractivity contribution in [3.05, 3.63) is 72.0 Å². The van der Waals surface area contributed by atoms with E-state index in [0.29, 0.717) is 17.2 Å². The number of furan rings is 1. The highest BCUT2D eigenvalue weighted by Gasteiger charge is 2.22. The van der Waals surface area contributed by atoms with Gasteiger partial charge in [0, 0.05) is 30.9 Å². The first-order valence-corrected chi connectivity index (χ1v) is 9.58. The fraction of sp³-hybridized carbons (Fsp3) is 0.318. The minimum Gasteiger partial charge on any atom is -0.478 e. The molecule has 6 heteroatoms. The van der Waals surface area contributed by atoms with E-state index < -0.39 is 5.97 Å². The van der Waals surface area contributed by atoms with Crippen LogP contribution < -0.4 is 0 Å². The molecule has 1 aliphatic rings. The summed E-state index contributed by atoms with van der Waals surface area (Å²) in [4.78, 5) is 22.5. The van der Waals surface area contributed by atoms with Gasteiger partial charge in [-0.05, 0) is 49.6 Å². The van der Waals surface area contributed by atoms with Crippen LogP contribution in [-0.2, 0) is 13.0 Å². The predicted molar refractivity (Wildman–Crippen MR) is 105 cm³/mol. The molecule has 0 spiro atoms. The molecule has 144 valence electrons. The minimum atomic E-state index is -0.949. The van der Waals surface area contributed by atoms with Crippen molar-refractivity contribution in [3.63, 3.8) is 0 Å². The molecule has 0 amide bonds. The third-order valence-electron chi connectivity index (χ3n) is 5.16. The van der Waals surface area contributed by atoms with Gasteiger partial charge < -0.3 is 9.52 Å². The summed E-state index contributed by atoms with van der Waals surface area (Å²) in [5.41, 5.74) is 0.864. The topological polar surface area (TPSA) is 79.5 Å². The van der Waals surface area contributed by atoms with Crippen molar-refractivity contribution >= 4 is 5.97 Å². The van der Waals surface area contributed by atoms with Crippen molar-refractivity contribution in [1.82, 2.24) is 14.9 Å². The molecule has 1 atom stereocenters. The van der Waals surface area contributed by atoms with Gasteiger partial charge in [-0.1, -0.05) is 18.2 Å². The fourth-order valence-electron chi connectivity index (χ4n) is 3.87. The number of carboxylic acid groups (broad SMARTS) is 1. The molecule has 1 unspecified atom stereocenters. The summed E-state index contributed by atoms with van der Waals surface area (Å²) in [6.45, 7) is 2.75. The van der Waals surface area contributed by atoms with Gasteiger partial charge >= 0.3 is 5.97 Å². The zero-order chi connectivity index (χ0) is 19.3. The van der Waals surface area contributed by atoms with Crippen LogP contribution in [-0.4, -0.2) is 39.0 Å². The second-order valence-electron chi connectivity index (χ2n) is 7.23. The highest BCUT2D eigenvalue weighted by Crippen LogP contribution is 2.27. The molecular formula is C22H23N3O3. The number of piperidine rings is 1. The lowest BCUT2D eigenvalue weighted by molar-refractivity contribution is 0.0697. The third-order valence-corrected chi connectivity index (χ3v) is 5.16. The maximum Gasteiger partial charge on any atom is 0.336 e. The molecule has 1 fully saturated rings. The number of nitrogens with zero attached hydrogens (tertiary/aromatic N) is 3. The molecule has 1 aromatic carbocycles. The largest absolute Gasteiger partial charge is 0.478 e. The maximum atomic E-state index is 11.4. The van der Waals surface area contributed by atoms with Gasteiger partial charge in [-0.3, -0.25) is 4.90 Å². The average molecular weight is 377 g/mol. The Kier molecular flexibility index (Phi) is 5.48. The fourth-order valence-corrected chi connectivity index (χ4v) is 3.87. The Hall–Kier alpha value is -2.99. The lowest BCUT2D eigenvalue weighted by Gasteiger charge is -2.31. The molecule has 3 aromatic rings. The van der Waals surface area contributed by atoms with Crippen LogP contribution in [0.15, 0.2) is 59.3 Å². The summed E-state index contributed by atoms with van der Waals surface area (Å²) in [6.07, 6.45) is 6.81. The second kappa shape index (κ2) is 8.35. The first kappa shape index (κ1) is 18.4. The Morgan fingerprint density at radius 1 is 1.14 bits per heavy atom.